The number of hydrogen-bond donors (Lipinski definition) is 2. The zero-order chi connectivity index (χ0) is 13.1. The summed E-state index contributed by atoms with van der Waals surface area (Å²) < 4.78 is 13.3. The number of nitrogens with one attached hydrogen (secondary N) is 2. The number of aromatic nitrogens is 2. The van der Waals surface area contributed by atoms with Crippen molar-refractivity contribution >= 4 is 11.8 Å². The highest BCUT2D eigenvalue weighted by atomic mass is 19.1. The molecule has 1 aromatic heterocycles. The van der Waals surface area contributed by atoms with E-state index in [1.165, 1.54) is 19.0 Å². The average Bonchev–Trinajstić information content (AvgIpc) is 2.80. The topological polar surface area (TPSA) is 53.1 Å². The first-order valence-corrected chi connectivity index (χ1v) is 6.25. The smallest absolute Gasteiger partial charge is 0.225 e. The van der Waals surface area contributed by atoms with Gasteiger partial charge in [0, 0.05) is 19.1 Å². The quantitative estimate of drug-likeness (QED) is 0.852. The molecule has 0 aromatic carbocycles. The minimum atomic E-state index is -0.432. The van der Waals surface area contributed by atoms with Crippen LogP contribution in [0.5, 0.6) is 0 Å². The Bertz CT molecular complexity index is 409. The summed E-state index contributed by atoms with van der Waals surface area (Å²) in [5.41, 5.74) is 0. The van der Waals surface area contributed by atoms with Gasteiger partial charge in [0.05, 0.1) is 6.20 Å². The van der Waals surface area contributed by atoms with Crippen molar-refractivity contribution in [3.8, 4) is 0 Å². The van der Waals surface area contributed by atoms with E-state index in [0.717, 1.165) is 6.42 Å². The zero-order valence-electron chi connectivity index (χ0n) is 11.1. The molecule has 6 heteroatoms. The Balaban J connectivity index is 2.09. The maximum absolute atomic E-state index is 13.3. The van der Waals surface area contributed by atoms with Gasteiger partial charge in [0.1, 0.15) is 0 Å². The third-order valence-electron chi connectivity index (χ3n) is 3.44. The van der Waals surface area contributed by atoms with Crippen LogP contribution in [-0.2, 0) is 0 Å². The van der Waals surface area contributed by atoms with Gasteiger partial charge in [-0.2, -0.15) is 4.98 Å². The summed E-state index contributed by atoms with van der Waals surface area (Å²) in [6, 6.07) is 0.812. The Morgan fingerprint density at radius 2 is 2.17 bits per heavy atom. The van der Waals surface area contributed by atoms with Crippen LogP contribution in [0.2, 0.25) is 0 Å². The predicted molar refractivity (Wildman–Crippen MR) is 70.3 cm³/mol. The summed E-state index contributed by atoms with van der Waals surface area (Å²) in [7, 11) is 5.80. The van der Waals surface area contributed by atoms with Gasteiger partial charge in [0.25, 0.3) is 0 Å². The molecule has 0 saturated heterocycles. The van der Waals surface area contributed by atoms with Crippen LogP contribution in [-0.4, -0.2) is 48.1 Å². The molecule has 1 aliphatic carbocycles. The first-order valence-electron chi connectivity index (χ1n) is 6.25. The van der Waals surface area contributed by atoms with Crippen LogP contribution < -0.4 is 10.6 Å². The van der Waals surface area contributed by atoms with Crippen LogP contribution >= 0.6 is 0 Å². The highest BCUT2D eigenvalue weighted by Gasteiger charge is 2.29. The Morgan fingerprint density at radius 3 is 2.83 bits per heavy atom. The molecule has 2 N–H and O–H groups in total. The summed E-state index contributed by atoms with van der Waals surface area (Å²) in [5.74, 6) is 0.282. The lowest BCUT2D eigenvalue weighted by Crippen LogP contribution is -2.39. The van der Waals surface area contributed by atoms with Gasteiger partial charge in [-0.25, -0.2) is 9.37 Å². The Kier molecular flexibility index (Phi) is 3.96. The molecule has 2 atom stereocenters. The third kappa shape index (κ3) is 2.69. The minimum Gasteiger partial charge on any atom is -0.371 e. The molecule has 18 heavy (non-hydrogen) atoms. The second kappa shape index (κ2) is 5.48. The van der Waals surface area contributed by atoms with Gasteiger partial charge < -0.3 is 15.5 Å². The van der Waals surface area contributed by atoms with Gasteiger partial charge in [-0.05, 0) is 33.4 Å². The van der Waals surface area contributed by atoms with Crippen molar-refractivity contribution < 1.29 is 4.39 Å². The van der Waals surface area contributed by atoms with E-state index >= 15 is 0 Å². The zero-order valence-corrected chi connectivity index (χ0v) is 11.1. The van der Waals surface area contributed by atoms with E-state index in [1.54, 1.807) is 7.05 Å². The predicted octanol–water partition coefficient (Wildman–Crippen LogP) is 1.55. The van der Waals surface area contributed by atoms with Gasteiger partial charge in [0.2, 0.25) is 5.95 Å². The molecule has 0 radical (unpaired) electrons. The standard InChI is InChI=1S/C12H20FN5/c1-14-11-8(13)7-15-12(17-11)16-9-5-4-6-10(9)18(2)3/h7,9-10H,4-6H2,1-3H3,(H2,14,15,16,17)/t9-,10-/m1/s1. The number of anilines is 2. The summed E-state index contributed by atoms with van der Waals surface area (Å²) in [5, 5.41) is 6.02. The fourth-order valence-corrected chi connectivity index (χ4v) is 2.50. The van der Waals surface area contributed by atoms with Crippen molar-refractivity contribution in [3.63, 3.8) is 0 Å². The van der Waals surface area contributed by atoms with Crippen LogP contribution in [0.1, 0.15) is 19.3 Å². The van der Waals surface area contributed by atoms with Gasteiger partial charge in [-0.15, -0.1) is 0 Å². The molecule has 0 spiro atoms. The van der Waals surface area contributed by atoms with Crippen molar-refractivity contribution in [3.05, 3.63) is 12.0 Å². The van der Waals surface area contributed by atoms with Gasteiger partial charge in [0.15, 0.2) is 11.6 Å². The highest BCUT2D eigenvalue weighted by molar-refractivity contribution is 5.41. The van der Waals surface area contributed by atoms with Crippen LogP contribution in [0, 0.1) is 5.82 Å². The number of halogens is 1. The molecule has 100 valence electrons. The van der Waals surface area contributed by atoms with E-state index in [-0.39, 0.29) is 5.82 Å². The van der Waals surface area contributed by atoms with Crippen LogP contribution in [0.4, 0.5) is 16.2 Å². The summed E-state index contributed by atoms with van der Waals surface area (Å²) in [4.78, 5) is 10.3. The normalized spacial score (nSPS) is 23.4. The van der Waals surface area contributed by atoms with Crippen molar-refractivity contribution in [2.45, 2.75) is 31.3 Å². The van der Waals surface area contributed by atoms with E-state index in [0.29, 0.717) is 18.0 Å². The Hall–Kier alpha value is -1.43. The SMILES string of the molecule is CNc1nc(N[C@@H]2CCC[C@H]2N(C)C)ncc1F. The van der Waals surface area contributed by atoms with Crippen molar-refractivity contribution in [1.82, 2.24) is 14.9 Å². The van der Waals surface area contributed by atoms with Crippen LogP contribution in [0.3, 0.4) is 0 Å². The van der Waals surface area contributed by atoms with E-state index in [9.17, 15) is 4.39 Å². The maximum Gasteiger partial charge on any atom is 0.225 e. The number of hydrogen-bond acceptors (Lipinski definition) is 5. The van der Waals surface area contributed by atoms with E-state index in [1.807, 2.05) is 0 Å². The molecule has 0 unspecified atom stereocenters. The van der Waals surface area contributed by atoms with Gasteiger partial charge >= 0.3 is 0 Å². The molecular weight excluding hydrogens is 233 g/mol. The van der Waals surface area contributed by atoms with Crippen LogP contribution in [0.15, 0.2) is 6.20 Å². The summed E-state index contributed by atoms with van der Waals surface area (Å²) >= 11 is 0. The number of nitrogens with zero attached hydrogens (tertiary/aromatic N) is 3. The lowest BCUT2D eigenvalue weighted by molar-refractivity contribution is 0.284. The molecule has 1 saturated carbocycles. The minimum absolute atomic E-state index is 0.229. The first-order chi connectivity index (χ1) is 8.61. The summed E-state index contributed by atoms with van der Waals surface area (Å²) in [6.45, 7) is 0. The molecule has 1 aromatic rings. The number of likely N-dealkylation sites (N-methyl/N-ethyl adjacent to an activating group) is 1. The molecule has 1 heterocycles. The average molecular weight is 253 g/mol. The second-order valence-electron chi connectivity index (χ2n) is 4.85. The fraction of sp³-hybridized carbons (Fsp3) is 0.667. The maximum atomic E-state index is 13.3. The molecule has 1 aliphatic rings. The van der Waals surface area contributed by atoms with Crippen molar-refractivity contribution in [1.29, 1.82) is 0 Å². The van der Waals surface area contributed by atoms with E-state index in [2.05, 4.69) is 39.6 Å². The molecular formula is C12H20FN5. The van der Waals surface area contributed by atoms with Crippen molar-refractivity contribution in [2.24, 2.45) is 0 Å². The lowest BCUT2D eigenvalue weighted by atomic mass is 10.1. The molecule has 0 amide bonds. The molecule has 1 fully saturated rings. The molecule has 0 bridgehead atoms. The largest absolute Gasteiger partial charge is 0.371 e. The Morgan fingerprint density at radius 1 is 1.39 bits per heavy atom. The van der Waals surface area contributed by atoms with E-state index in [4.69, 9.17) is 0 Å². The second-order valence-corrected chi connectivity index (χ2v) is 4.85. The lowest BCUT2D eigenvalue weighted by Gasteiger charge is -2.26. The van der Waals surface area contributed by atoms with Crippen LogP contribution in [0.25, 0.3) is 0 Å². The first kappa shape index (κ1) is 13.0. The Labute approximate surface area is 107 Å². The fourth-order valence-electron chi connectivity index (χ4n) is 2.50. The third-order valence-corrected chi connectivity index (χ3v) is 3.44. The molecule has 0 aliphatic heterocycles. The van der Waals surface area contributed by atoms with Gasteiger partial charge in [-0.1, -0.05) is 0 Å². The highest BCUT2D eigenvalue weighted by Crippen LogP contribution is 2.25. The summed E-state index contributed by atoms with van der Waals surface area (Å²) in [6.07, 6.45) is 4.66. The van der Waals surface area contributed by atoms with E-state index < -0.39 is 5.82 Å². The molecule has 2 rings (SSSR count). The van der Waals surface area contributed by atoms with Gasteiger partial charge in [-0.3, -0.25) is 0 Å². The number of rotatable bonds is 4. The molecule has 5 nitrogen and oxygen atoms in total. The monoisotopic (exact) mass is 253 g/mol. The van der Waals surface area contributed by atoms with Crippen molar-refractivity contribution in [2.75, 3.05) is 31.8 Å².